The van der Waals surface area contributed by atoms with Gasteiger partial charge >= 0.3 is 12.2 Å². The maximum Gasteiger partial charge on any atom is 0.407 e. The van der Waals surface area contributed by atoms with Crippen molar-refractivity contribution >= 4 is 24.0 Å². The molecule has 64 heavy (non-hydrogen) atoms. The molecule has 2 bridgehead atoms. The molecule has 8 atom stereocenters. The highest BCUT2D eigenvalue weighted by Crippen LogP contribution is 2.59. The Bertz CT molecular complexity index is 2550. The number of hydrogen-bond acceptors (Lipinski definition) is 8. The van der Waals surface area contributed by atoms with Gasteiger partial charge in [0.1, 0.15) is 23.7 Å². The number of amides is 4. The topological polar surface area (TPSA) is 175 Å². The number of fused-ring (bicyclic) bond motifs is 5. The zero-order chi connectivity index (χ0) is 43.7. The lowest BCUT2D eigenvalue weighted by atomic mass is 9.51. The van der Waals surface area contributed by atoms with Gasteiger partial charge in [-0.3, -0.25) is 9.59 Å². The van der Waals surface area contributed by atoms with Gasteiger partial charge in [-0.1, -0.05) is 84.9 Å². The number of alkyl carbamates (subject to hydrolysis) is 2. The summed E-state index contributed by atoms with van der Waals surface area (Å²) in [6.45, 7) is 0. The van der Waals surface area contributed by atoms with Crippen molar-refractivity contribution in [3.63, 3.8) is 0 Å². The van der Waals surface area contributed by atoms with E-state index < -0.39 is 24.3 Å². The number of carbonyl (C=O) groups excluding carboxylic acids is 4. The molecule has 2 aromatic heterocycles. The van der Waals surface area contributed by atoms with E-state index in [1.807, 2.05) is 82.9 Å². The van der Waals surface area contributed by atoms with Gasteiger partial charge in [-0.25, -0.2) is 19.6 Å². The molecule has 330 valence electrons. The number of hydrogen-bond donors (Lipinski definition) is 4. The number of nitrogens with one attached hydrogen (secondary N) is 4. The van der Waals surface area contributed by atoms with Gasteiger partial charge in [-0.2, -0.15) is 0 Å². The standard InChI is InChI=1S/C50H54N8O6/c1-63-47(61)55-41(30-9-5-3-6-10-30)45(59)57-36-23-32(36)25-38(57)43-51-27-35(53-43)29-13-15-34(16-14-29)49-17-20-50(21-18-49,22-19-49)40-28-52-44(54-40)39-26-33-24-37(33)58(39)46(60)42(56-48(62)64-2)31-11-7-4-8-12-31/h3-16,27-28,32-33,36-39,41-42H,17-26H2,1-2H3,(H,51,53)(H,52,54)(H,55,61)(H,56,62)/t32-,33-,36-,37-,38+,39+,41-,42-,49?,50?/m1/s1. The first-order chi connectivity index (χ1) is 31.2. The summed E-state index contributed by atoms with van der Waals surface area (Å²) in [4.78, 5) is 74.3. The molecule has 5 saturated carbocycles. The van der Waals surface area contributed by atoms with Crippen LogP contribution in [0.2, 0.25) is 0 Å². The average molecular weight is 863 g/mol. The Hall–Kier alpha value is -6.44. The predicted octanol–water partition coefficient (Wildman–Crippen LogP) is 7.86. The first kappa shape index (κ1) is 40.3. The van der Waals surface area contributed by atoms with Crippen LogP contribution in [0.4, 0.5) is 9.59 Å². The zero-order valence-corrected chi connectivity index (χ0v) is 36.2. The van der Waals surface area contributed by atoms with E-state index >= 15 is 0 Å². The van der Waals surface area contributed by atoms with E-state index in [9.17, 15) is 19.2 Å². The minimum Gasteiger partial charge on any atom is -0.453 e. The van der Waals surface area contributed by atoms with E-state index in [4.69, 9.17) is 19.4 Å². The lowest BCUT2D eigenvalue weighted by Crippen LogP contribution is -2.46. The molecule has 14 heteroatoms. The number of aromatic amines is 2. The maximum atomic E-state index is 14.3. The van der Waals surface area contributed by atoms with Crippen LogP contribution in [-0.4, -0.2) is 80.0 Å². The molecule has 0 unspecified atom stereocenters. The van der Waals surface area contributed by atoms with Gasteiger partial charge in [0.2, 0.25) is 0 Å². The van der Waals surface area contributed by atoms with Gasteiger partial charge in [0.05, 0.1) is 38.2 Å². The normalized spacial score (nSPS) is 29.3. The molecule has 2 saturated heterocycles. The third kappa shape index (κ3) is 6.92. The third-order valence-corrected chi connectivity index (χ3v) is 15.8. The Kier molecular flexibility index (Phi) is 9.88. The van der Waals surface area contributed by atoms with Gasteiger partial charge in [0.15, 0.2) is 0 Å². The highest BCUT2D eigenvalue weighted by Gasteiger charge is 2.58. The number of piperidine rings is 2. The molecule has 3 aromatic carbocycles. The fourth-order valence-corrected chi connectivity index (χ4v) is 12.0. The van der Waals surface area contributed by atoms with Crippen LogP contribution in [0, 0.1) is 11.8 Å². The van der Waals surface area contributed by atoms with Crippen LogP contribution in [0.15, 0.2) is 97.3 Å². The summed E-state index contributed by atoms with van der Waals surface area (Å²) >= 11 is 0. The van der Waals surface area contributed by atoms with Crippen molar-refractivity contribution in [2.24, 2.45) is 11.8 Å². The fourth-order valence-electron chi connectivity index (χ4n) is 12.0. The molecule has 7 aliphatic rings. The highest BCUT2D eigenvalue weighted by atomic mass is 16.5. The Morgan fingerprint density at radius 3 is 1.58 bits per heavy atom. The SMILES string of the molecule is COC(=O)N[C@@H](C(=O)N1[C@@H]2C[C@@H]2C[C@H]1c1ncc(-c2ccc(C34CCC(c5cnc([C@@H]6C[C@H]7C[C@H]7N6C(=O)[C@H](NC(=O)OC)c6ccccc6)[nH]5)(CC3)CC4)cc2)[nH]1)c1ccccc1. The van der Waals surface area contributed by atoms with Crippen molar-refractivity contribution in [1.29, 1.82) is 0 Å². The maximum absolute atomic E-state index is 14.3. The van der Waals surface area contributed by atoms with Gasteiger partial charge in [0.25, 0.3) is 11.8 Å². The lowest BCUT2D eigenvalue weighted by Gasteiger charge is -2.53. The number of benzene rings is 3. The molecule has 4 amide bonds. The molecule has 0 spiro atoms. The van der Waals surface area contributed by atoms with Crippen molar-refractivity contribution in [2.45, 2.75) is 111 Å². The summed E-state index contributed by atoms with van der Waals surface area (Å²) in [5.41, 5.74) is 6.10. The average Bonchev–Trinajstić information content (AvgIpc) is 3.92. The summed E-state index contributed by atoms with van der Waals surface area (Å²) in [5.74, 6) is 2.18. The van der Waals surface area contributed by atoms with Crippen LogP contribution in [-0.2, 0) is 29.9 Å². The highest BCUT2D eigenvalue weighted by molar-refractivity contribution is 5.89. The molecular formula is C50H54N8O6. The second kappa shape index (κ2) is 15.7. The van der Waals surface area contributed by atoms with Crippen LogP contribution in [0.1, 0.15) is 122 Å². The second-order valence-corrected chi connectivity index (χ2v) is 19.1. The van der Waals surface area contributed by atoms with E-state index in [1.165, 1.54) is 25.5 Å². The molecule has 0 radical (unpaired) electrons. The Balaban J connectivity index is 0.761. The molecule has 5 aliphatic carbocycles. The third-order valence-electron chi connectivity index (χ3n) is 15.8. The van der Waals surface area contributed by atoms with Crippen LogP contribution in [0.25, 0.3) is 11.3 Å². The van der Waals surface area contributed by atoms with E-state index in [1.54, 1.807) is 0 Å². The largest absolute Gasteiger partial charge is 0.453 e. The minimum atomic E-state index is -0.859. The smallest absolute Gasteiger partial charge is 0.407 e. The number of nitrogens with zero attached hydrogens (tertiary/aromatic N) is 4. The number of likely N-dealkylation sites (tertiary alicyclic amines) is 2. The number of aromatic nitrogens is 4. The van der Waals surface area contributed by atoms with E-state index in [-0.39, 0.29) is 46.8 Å². The number of imidazole rings is 2. The van der Waals surface area contributed by atoms with Gasteiger partial charge < -0.3 is 39.9 Å². The zero-order valence-electron chi connectivity index (χ0n) is 36.2. The Morgan fingerprint density at radius 2 is 1.08 bits per heavy atom. The minimum absolute atomic E-state index is 0.0290. The molecule has 12 rings (SSSR count). The second-order valence-electron chi connectivity index (χ2n) is 19.1. The first-order valence-corrected chi connectivity index (χ1v) is 22.8. The van der Waals surface area contributed by atoms with Gasteiger partial charge in [-0.05, 0) is 104 Å². The van der Waals surface area contributed by atoms with Crippen molar-refractivity contribution in [3.05, 3.63) is 131 Å². The Morgan fingerprint density at radius 1 is 0.609 bits per heavy atom. The van der Waals surface area contributed by atoms with E-state index in [0.717, 1.165) is 92.7 Å². The number of rotatable bonds is 11. The molecule has 2 aliphatic heterocycles. The van der Waals surface area contributed by atoms with Crippen molar-refractivity contribution < 1.29 is 28.7 Å². The van der Waals surface area contributed by atoms with Crippen molar-refractivity contribution in [3.8, 4) is 11.3 Å². The number of H-pyrrole nitrogens is 2. The van der Waals surface area contributed by atoms with Crippen LogP contribution in [0.5, 0.6) is 0 Å². The van der Waals surface area contributed by atoms with Gasteiger partial charge in [-0.15, -0.1) is 0 Å². The fraction of sp³-hybridized carbons (Fsp3) is 0.440. The first-order valence-electron chi connectivity index (χ1n) is 22.8. The number of carbonyl (C=O) groups is 4. The summed E-state index contributed by atoms with van der Waals surface area (Å²) in [5, 5.41) is 5.57. The molecule has 7 fully saturated rings. The van der Waals surface area contributed by atoms with Crippen LogP contribution in [0.3, 0.4) is 0 Å². The summed E-state index contributed by atoms with van der Waals surface area (Å²) in [7, 11) is 2.62. The van der Waals surface area contributed by atoms with Crippen molar-refractivity contribution in [2.75, 3.05) is 14.2 Å². The molecular weight excluding hydrogens is 809 g/mol. The summed E-state index contributed by atoms with van der Waals surface area (Å²) < 4.78 is 9.80. The monoisotopic (exact) mass is 862 g/mol. The van der Waals surface area contributed by atoms with Crippen LogP contribution >= 0.6 is 0 Å². The predicted molar refractivity (Wildman–Crippen MR) is 235 cm³/mol. The van der Waals surface area contributed by atoms with Crippen molar-refractivity contribution in [1.82, 2.24) is 40.4 Å². The lowest BCUT2D eigenvalue weighted by molar-refractivity contribution is -0.136. The Labute approximate surface area is 371 Å². The van der Waals surface area contributed by atoms with Gasteiger partial charge in [0, 0.05) is 29.4 Å². The quantitative estimate of drug-likeness (QED) is 0.104. The van der Waals surface area contributed by atoms with Crippen LogP contribution < -0.4 is 10.6 Å². The summed E-state index contributed by atoms with van der Waals surface area (Å²) in [6, 6.07) is 25.9. The number of ether oxygens (including phenoxy) is 2. The summed E-state index contributed by atoms with van der Waals surface area (Å²) in [6.07, 6.45) is 12.7. The van der Waals surface area contributed by atoms with E-state index in [2.05, 4.69) is 44.9 Å². The number of methoxy groups -OCH3 is 2. The molecule has 4 heterocycles. The molecule has 5 aromatic rings. The van der Waals surface area contributed by atoms with E-state index in [0.29, 0.717) is 17.4 Å². The molecule has 4 N–H and O–H groups in total. The molecule has 14 nitrogen and oxygen atoms in total.